The molecule has 0 bridgehead atoms. The summed E-state index contributed by atoms with van der Waals surface area (Å²) in [4.78, 5) is 2.42. The Morgan fingerprint density at radius 1 is 1.31 bits per heavy atom. The lowest BCUT2D eigenvalue weighted by molar-refractivity contribution is 0.404. The average Bonchev–Trinajstić information content (AvgIpc) is 2.30. The van der Waals surface area contributed by atoms with E-state index < -0.39 is 0 Å². The lowest BCUT2D eigenvalue weighted by atomic mass is 9.99. The Bertz CT molecular complexity index is 359. The second-order valence-corrected chi connectivity index (χ2v) is 5.40. The Kier molecular flexibility index (Phi) is 3.74. The normalized spacial score (nSPS) is 17.6. The summed E-state index contributed by atoms with van der Waals surface area (Å²) in [6, 6.07) is 6.20. The second-order valence-electron chi connectivity index (χ2n) is 4.49. The summed E-state index contributed by atoms with van der Waals surface area (Å²) in [5.41, 5.74) is 1.21. The van der Waals surface area contributed by atoms with Gasteiger partial charge in [0, 0.05) is 17.6 Å². The molecular formula is C13H18BrNO. The highest BCUT2D eigenvalue weighted by molar-refractivity contribution is 9.10. The van der Waals surface area contributed by atoms with E-state index in [2.05, 4.69) is 33.8 Å². The molecule has 1 aliphatic heterocycles. The molecule has 3 heteroatoms. The Morgan fingerprint density at radius 3 is 2.62 bits per heavy atom. The van der Waals surface area contributed by atoms with Gasteiger partial charge in [0.15, 0.2) is 0 Å². The van der Waals surface area contributed by atoms with E-state index in [4.69, 9.17) is 4.74 Å². The SMILES string of the molecule is COc1ccc(Br)cc1N1CCC(C)CC1. The van der Waals surface area contributed by atoms with Crippen molar-refractivity contribution in [2.24, 2.45) is 5.92 Å². The van der Waals surface area contributed by atoms with E-state index in [1.54, 1.807) is 7.11 Å². The number of hydrogen-bond donors (Lipinski definition) is 0. The molecule has 0 unspecified atom stereocenters. The number of ether oxygens (including phenoxy) is 1. The zero-order valence-electron chi connectivity index (χ0n) is 9.87. The minimum Gasteiger partial charge on any atom is -0.495 e. The summed E-state index contributed by atoms with van der Waals surface area (Å²) in [5, 5.41) is 0. The fourth-order valence-electron chi connectivity index (χ4n) is 2.16. The number of rotatable bonds is 2. The Hall–Kier alpha value is -0.700. The summed E-state index contributed by atoms with van der Waals surface area (Å²) in [7, 11) is 1.74. The van der Waals surface area contributed by atoms with Gasteiger partial charge in [0.1, 0.15) is 5.75 Å². The van der Waals surface area contributed by atoms with E-state index in [1.165, 1.54) is 18.5 Å². The van der Waals surface area contributed by atoms with Crippen LogP contribution in [-0.4, -0.2) is 20.2 Å². The fourth-order valence-corrected chi connectivity index (χ4v) is 2.51. The smallest absolute Gasteiger partial charge is 0.142 e. The van der Waals surface area contributed by atoms with Gasteiger partial charge in [-0.25, -0.2) is 0 Å². The van der Waals surface area contributed by atoms with Gasteiger partial charge in [0.05, 0.1) is 12.8 Å². The van der Waals surface area contributed by atoms with Crippen molar-refractivity contribution in [3.05, 3.63) is 22.7 Å². The topological polar surface area (TPSA) is 12.5 Å². The van der Waals surface area contributed by atoms with Crippen molar-refractivity contribution in [3.63, 3.8) is 0 Å². The highest BCUT2D eigenvalue weighted by atomic mass is 79.9. The molecule has 0 radical (unpaired) electrons. The van der Waals surface area contributed by atoms with Crippen LogP contribution in [0.15, 0.2) is 22.7 Å². The van der Waals surface area contributed by atoms with Crippen LogP contribution in [0.25, 0.3) is 0 Å². The van der Waals surface area contributed by atoms with Gasteiger partial charge in [-0.15, -0.1) is 0 Å². The molecule has 1 aromatic carbocycles. The number of anilines is 1. The standard InChI is InChI=1S/C13H18BrNO/c1-10-5-7-15(8-6-10)12-9-11(14)3-4-13(12)16-2/h3-4,9-10H,5-8H2,1-2H3. The van der Waals surface area contributed by atoms with Gasteiger partial charge >= 0.3 is 0 Å². The van der Waals surface area contributed by atoms with Gasteiger partial charge in [-0.3, -0.25) is 0 Å². The molecule has 1 fully saturated rings. The number of nitrogens with zero attached hydrogens (tertiary/aromatic N) is 1. The number of benzene rings is 1. The summed E-state index contributed by atoms with van der Waals surface area (Å²) in [5.74, 6) is 1.83. The third kappa shape index (κ3) is 2.51. The predicted molar refractivity (Wildman–Crippen MR) is 71.3 cm³/mol. The van der Waals surface area contributed by atoms with Crippen LogP contribution in [0.5, 0.6) is 5.75 Å². The Morgan fingerprint density at radius 2 is 2.00 bits per heavy atom. The van der Waals surface area contributed by atoms with Gasteiger partial charge in [-0.1, -0.05) is 22.9 Å². The molecule has 0 saturated carbocycles. The van der Waals surface area contributed by atoms with Gasteiger partial charge in [-0.05, 0) is 37.0 Å². The minimum absolute atomic E-state index is 0.856. The van der Waals surface area contributed by atoms with Crippen LogP contribution in [0.2, 0.25) is 0 Å². The van der Waals surface area contributed by atoms with Gasteiger partial charge in [0.2, 0.25) is 0 Å². The molecule has 0 amide bonds. The summed E-state index contributed by atoms with van der Waals surface area (Å²) in [6.07, 6.45) is 2.55. The second kappa shape index (κ2) is 5.09. The zero-order valence-corrected chi connectivity index (χ0v) is 11.5. The highest BCUT2D eigenvalue weighted by Gasteiger charge is 2.18. The molecular weight excluding hydrogens is 266 g/mol. The van der Waals surface area contributed by atoms with Crippen molar-refractivity contribution in [3.8, 4) is 5.75 Å². The predicted octanol–water partition coefficient (Wildman–Crippen LogP) is 3.69. The lowest BCUT2D eigenvalue weighted by Crippen LogP contribution is -2.33. The molecule has 0 spiro atoms. The largest absolute Gasteiger partial charge is 0.495 e. The maximum atomic E-state index is 5.42. The van der Waals surface area contributed by atoms with Crippen LogP contribution in [0, 0.1) is 5.92 Å². The molecule has 1 aromatic rings. The molecule has 0 N–H and O–H groups in total. The van der Waals surface area contributed by atoms with Gasteiger partial charge in [0.25, 0.3) is 0 Å². The van der Waals surface area contributed by atoms with Crippen molar-refractivity contribution < 1.29 is 4.74 Å². The third-order valence-corrected chi connectivity index (χ3v) is 3.76. The van der Waals surface area contributed by atoms with E-state index in [0.29, 0.717) is 0 Å². The first kappa shape index (κ1) is 11.8. The molecule has 2 rings (SSSR count). The molecule has 0 atom stereocenters. The zero-order chi connectivity index (χ0) is 11.5. The number of hydrogen-bond acceptors (Lipinski definition) is 2. The fraction of sp³-hybridized carbons (Fsp3) is 0.538. The van der Waals surface area contributed by atoms with Crippen LogP contribution in [0.1, 0.15) is 19.8 Å². The van der Waals surface area contributed by atoms with Gasteiger partial charge < -0.3 is 9.64 Å². The first-order chi connectivity index (χ1) is 7.70. The first-order valence-electron chi connectivity index (χ1n) is 5.79. The van der Waals surface area contributed by atoms with Crippen molar-refractivity contribution in [1.29, 1.82) is 0 Å². The van der Waals surface area contributed by atoms with E-state index >= 15 is 0 Å². The van der Waals surface area contributed by atoms with E-state index in [0.717, 1.165) is 29.2 Å². The molecule has 0 aromatic heterocycles. The summed E-state index contributed by atoms with van der Waals surface area (Å²) < 4.78 is 6.53. The monoisotopic (exact) mass is 283 g/mol. The van der Waals surface area contributed by atoms with Crippen LogP contribution < -0.4 is 9.64 Å². The van der Waals surface area contributed by atoms with Crippen LogP contribution in [0.3, 0.4) is 0 Å². The van der Waals surface area contributed by atoms with E-state index in [-0.39, 0.29) is 0 Å². The quantitative estimate of drug-likeness (QED) is 0.821. The maximum Gasteiger partial charge on any atom is 0.142 e. The third-order valence-electron chi connectivity index (χ3n) is 3.27. The first-order valence-corrected chi connectivity index (χ1v) is 6.58. The van der Waals surface area contributed by atoms with Crippen LogP contribution >= 0.6 is 15.9 Å². The Balaban J connectivity index is 2.21. The van der Waals surface area contributed by atoms with Crippen LogP contribution in [-0.2, 0) is 0 Å². The van der Waals surface area contributed by atoms with Crippen molar-refractivity contribution in [1.82, 2.24) is 0 Å². The number of halogens is 1. The van der Waals surface area contributed by atoms with Crippen molar-refractivity contribution in [2.75, 3.05) is 25.1 Å². The lowest BCUT2D eigenvalue weighted by Gasteiger charge is -2.33. The summed E-state index contributed by atoms with van der Waals surface area (Å²) in [6.45, 7) is 4.59. The average molecular weight is 284 g/mol. The molecule has 1 saturated heterocycles. The minimum atomic E-state index is 0.856. The Labute approximate surface area is 106 Å². The molecule has 1 aliphatic rings. The van der Waals surface area contributed by atoms with Crippen LogP contribution in [0.4, 0.5) is 5.69 Å². The number of piperidine rings is 1. The van der Waals surface area contributed by atoms with E-state index in [9.17, 15) is 0 Å². The highest BCUT2D eigenvalue weighted by Crippen LogP contribution is 2.33. The molecule has 1 heterocycles. The molecule has 2 nitrogen and oxygen atoms in total. The number of methoxy groups -OCH3 is 1. The van der Waals surface area contributed by atoms with Crippen molar-refractivity contribution >= 4 is 21.6 Å². The molecule has 0 aliphatic carbocycles. The summed E-state index contributed by atoms with van der Waals surface area (Å²) >= 11 is 3.52. The maximum absolute atomic E-state index is 5.42. The molecule has 88 valence electrons. The molecule has 16 heavy (non-hydrogen) atoms. The van der Waals surface area contributed by atoms with Gasteiger partial charge in [-0.2, -0.15) is 0 Å². The van der Waals surface area contributed by atoms with E-state index in [1.807, 2.05) is 12.1 Å². The van der Waals surface area contributed by atoms with Crippen molar-refractivity contribution in [2.45, 2.75) is 19.8 Å².